The van der Waals surface area contributed by atoms with Gasteiger partial charge in [0, 0.05) is 24.7 Å². The number of hydrogen-bond acceptors (Lipinski definition) is 6. The van der Waals surface area contributed by atoms with Crippen LogP contribution in [0.15, 0.2) is 23.7 Å². The lowest BCUT2D eigenvalue weighted by Gasteiger charge is -2.33. The molecule has 1 saturated heterocycles. The van der Waals surface area contributed by atoms with Crippen LogP contribution in [0.25, 0.3) is 0 Å². The molecule has 3 rings (SSSR count). The van der Waals surface area contributed by atoms with Crippen molar-refractivity contribution in [2.75, 3.05) is 25.4 Å². The molecule has 128 valence electrons. The zero-order valence-corrected chi connectivity index (χ0v) is 14.6. The molecule has 0 bridgehead atoms. The summed E-state index contributed by atoms with van der Waals surface area (Å²) in [5.41, 5.74) is 7.71. The highest BCUT2D eigenvalue weighted by molar-refractivity contribution is 7.09. The molecule has 1 fully saturated rings. The van der Waals surface area contributed by atoms with E-state index >= 15 is 0 Å². The second kappa shape index (κ2) is 7.72. The van der Waals surface area contributed by atoms with E-state index in [1.54, 1.807) is 17.5 Å². The summed E-state index contributed by atoms with van der Waals surface area (Å²) in [6, 6.07) is 3.85. The number of carbonyl (C=O) groups is 1. The molecule has 24 heavy (non-hydrogen) atoms. The molecule has 0 aromatic carbocycles. The summed E-state index contributed by atoms with van der Waals surface area (Å²) in [5, 5.41) is 2.95. The van der Waals surface area contributed by atoms with Gasteiger partial charge < -0.3 is 15.4 Å². The number of nitrogens with zero attached hydrogens (tertiary/aromatic N) is 3. The number of thiazole rings is 1. The number of aromatic nitrogens is 2. The molecule has 1 aliphatic rings. The van der Waals surface area contributed by atoms with Crippen LogP contribution in [0.1, 0.15) is 22.7 Å². The van der Waals surface area contributed by atoms with E-state index in [0.717, 1.165) is 29.1 Å². The van der Waals surface area contributed by atoms with Crippen molar-refractivity contribution in [2.45, 2.75) is 32.3 Å². The first-order valence-corrected chi connectivity index (χ1v) is 8.99. The Balaban J connectivity index is 1.51. The van der Waals surface area contributed by atoms with Gasteiger partial charge in [-0.05, 0) is 37.5 Å². The fourth-order valence-corrected chi connectivity index (χ4v) is 3.47. The Bertz CT molecular complexity index is 703. The van der Waals surface area contributed by atoms with E-state index < -0.39 is 0 Å². The van der Waals surface area contributed by atoms with E-state index in [9.17, 15) is 4.79 Å². The average Bonchev–Trinajstić information content (AvgIpc) is 2.98. The number of nitrogens with two attached hydrogens (primary N) is 1. The minimum absolute atomic E-state index is 0.0641. The molecule has 2 N–H and O–H groups in total. The SMILES string of the molecule is Cc1nc(CC(=O)N2CCOC(CCc3ccnc(N)c3)C2)cs1. The molecule has 0 aliphatic carbocycles. The van der Waals surface area contributed by atoms with Crippen LogP contribution >= 0.6 is 11.3 Å². The van der Waals surface area contributed by atoms with Crippen molar-refractivity contribution in [3.63, 3.8) is 0 Å². The first-order valence-electron chi connectivity index (χ1n) is 8.11. The summed E-state index contributed by atoms with van der Waals surface area (Å²) < 4.78 is 5.81. The van der Waals surface area contributed by atoms with Gasteiger partial charge in [0.2, 0.25) is 5.91 Å². The zero-order chi connectivity index (χ0) is 16.9. The Morgan fingerprint density at radius 1 is 1.54 bits per heavy atom. The number of amides is 1. The number of hydrogen-bond donors (Lipinski definition) is 1. The second-order valence-electron chi connectivity index (χ2n) is 5.99. The highest BCUT2D eigenvalue weighted by atomic mass is 32.1. The van der Waals surface area contributed by atoms with E-state index in [-0.39, 0.29) is 12.0 Å². The van der Waals surface area contributed by atoms with E-state index in [1.807, 2.05) is 29.3 Å². The summed E-state index contributed by atoms with van der Waals surface area (Å²) in [4.78, 5) is 22.7. The molecule has 0 radical (unpaired) electrons. The first-order chi connectivity index (χ1) is 11.6. The fourth-order valence-electron chi connectivity index (χ4n) is 2.85. The van der Waals surface area contributed by atoms with E-state index in [1.165, 1.54) is 0 Å². The Morgan fingerprint density at radius 3 is 3.17 bits per heavy atom. The maximum atomic E-state index is 12.5. The van der Waals surface area contributed by atoms with Crippen molar-refractivity contribution >= 4 is 23.1 Å². The predicted molar refractivity (Wildman–Crippen MR) is 93.8 cm³/mol. The van der Waals surface area contributed by atoms with Gasteiger partial charge in [0.1, 0.15) is 5.82 Å². The highest BCUT2D eigenvalue weighted by Gasteiger charge is 2.24. The minimum Gasteiger partial charge on any atom is -0.384 e. The predicted octanol–water partition coefficient (Wildman–Crippen LogP) is 1.83. The Kier molecular flexibility index (Phi) is 5.42. The lowest BCUT2D eigenvalue weighted by molar-refractivity contribution is -0.138. The number of nitrogen functional groups attached to an aromatic ring is 1. The number of carbonyl (C=O) groups excluding carboxylic acids is 1. The molecular formula is C17H22N4O2S. The number of aryl methyl sites for hydroxylation is 2. The van der Waals surface area contributed by atoms with Gasteiger partial charge in [-0.2, -0.15) is 0 Å². The highest BCUT2D eigenvalue weighted by Crippen LogP contribution is 2.15. The van der Waals surface area contributed by atoms with E-state index in [4.69, 9.17) is 10.5 Å². The Hall–Kier alpha value is -1.99. The molecule has 0 spiro atoms. The monoisotopic (exact) mass is 346 g/mol. The van der Waals surface area contributed by atoms with Crippen LogP contribution in [-0.2, 0) is 22.4 Å². The molecule has 3 heterocycles. The smallest absolute Gasteiger partial charge is 0.228 e. The van der Waals surface area contributed by atoms with Crippen molar-refractivity contribution in [1.82, 2.24) is 14.9 Å². The van der Waals surface area contributed by atoms with Gasteiger partial charge in [-0.15, -0.1) is 11.3 Å². The third-order valence-corrected chi connectivity index (χ3v) is 4.91. The number of rotatable bonds is 5. The van der Waals surface area contributed by atoms with Crippen molar-refractivity contribution in [3.05, 3.63) is 40.0 Å². The molecule has 6 nitrogen and oxygen atoms in total. The quantitative estimate of drug-likeness (QED) is 0.893. The number of ether oxygens (including phenoxy) is 1. The first kappa shape index (κ1) is 16.9. The molecule has 1 unspecified atom stereocenters. The Labute approximate surface area is 145 Å². The van der Waals surface area contributed by atoms with Crippen molar-refractivity contribution < 1.29 is 9.53 Å². The van der Waals surface area contributed by atoms with Crippen molar-refractivity contribution in [1.29, 1.82) is 0 Å². The standard InChI is InChI=1S/C17H22N4O2S/c1-12-20-14(11-24-12)9-17(22)21-6-7-23-15(10-21)3-2-13-4-5-19-16(18)8-13/h4-5,8,11,15H,2-3,6-7,9-10H2,1H3,(H2,18,19). The molecule has 2 aromatic heterocycles. The topological polar surface area (TPSA) is 81.3 Å². The summed E-state index contributed by atoms with van der Waals surface area (Å²) in [5.74, 6) is 0.661. The second-order valence-corrected chi connectivity index (χ2v) is 7.06. The van der Waals surface area contributed by atoms with Gasteiger partial charge in [0.15, 0.2) is 0 Å². The van der Waals surface area contributed by atoms with E-state index in [0.29, 0.717) is 31.9 Å². The summed E-state index contributed by atoms with van der Waals surface area (Å²) in [7, 11) is 0. The molecular weight excluding hydrogens is 324 g/mol. The number of morpholine rings is 1. The van der Waals surface area contributed by atoms with Crippen LogP contribution in [-0.4, -0.2) is 46.6 Å². The van der Waals surface area contributed by atoms with Crippen LogP contribution in [0.5, 0.6) is 0 Å². The lowest BCUT2D eigenvalue weighted by Crippen LogP contribution is -2.46. The van der Waals surface area contributed by atoms with Crippen LogP contribution in [0, 0.1) is 6.92 Å². The number of anilines is 1. The average molecular weight is 346 g/mol. The van der Waals surface area contributed by atoms with Crippen molar-refractivity contribution in [2.24, 2.45) is 0 Å². The van der Waals surface area contributed by atoms with Gasteiger partial charge in [-0.1, -0.05) is 0 Å². The van der Waals surface area contributed by atoms with Crippen LogP contribution in [0.4, 0.5) is 5.82 Å². The molecule has 1 atom stereocenters. The summed E-state index contributed by atoms with van der Waals surface area (Å²) >= 11 is 1.58. The third kappa shape index (κ3) is 4.52. The van der Waals surface area contributed by atoms with Gasteiger partial charge in [0.25, 0.3) is 0 Å². The maximum absolute atomic E-state index is 12.5. The largest absolute Gasteiger partial charge is 0.384 e. The van der Waals surface area contributed by atoms with Crippen LogP contribution in [0.3, 0.4) is 0 Å². The van der Waals surface area contributed by atoms with Gasteiger partial charge in [-0.25, -0.2) is 9.97 Å². The third-order valence-electron chi connectivity index (χ3n) is 4.09. The minimum atomic E-state index is 0.0641. The van der Waals surface area contributed by atoms with Gasteiger partial charge in [0.05, 0.1) is 29.8 Å². The lowest BCUT2D eigenvalue weighted by atomic mass is 10.1. The zero-order valence-electron chi connectivity index (χ0n) is 13.8. The molecule has 2 aromatic rings. The fraction of sp³-hybridized carbons (Fsp3) is 0.471. The summed E-state index contributed by atoms with van der Waals surface area (Å²) in [6.45, 7) is 3.84. The molecule has 7 heteroatoms. The molecule has 0 saturated carbocycles. The molecule has 1 amide bonds. The maximum Gasteiger partial charge on any atom is 0.228 e. The van der Waals surface area contributed by atoms with Gasteiger partial charge in [-0.3, -0.25) is 4.79 Å². The molecule has 1 aliphatic heterocycles. The summed E-state index contributed by atoms with van der Waals surface area (Å²) in [6.07, 6.45) is 3.89. The normalized spacial score (nSPS) is 17.9. The van der Waals surface area contributed by atoms with Crippen LogP contribution in [0.2, 0.25) is 0 Å². The number of pyridine rings is 1. The van der Waals surface area contributed by atoms with Crippen molar-refractivity contribution in [3.8, 4) is 0 Å². The van der Waals surface area contributed by atoms with Gasteiger partial charge >= 0.3 is 0 Å². The van der Waals surface area contributed by atoms with E-state index in [2.05, 4.69) is 9.97 Å². The van der Waals surface area contributed by atoms with Crippen LogP contribution < -0.4 is 5.73 Å². The Morgan fingerprint density at radius 2 is 2.42 bits per heavy atom.